The minimum Gasteiger partial charge on any atom is -0.462 e. The zero-order chi connectivity index (χ0) is 12.0. The number of rotatable bonds is 4. The van der Waals surface area contributed by atoms with Crippen molar-refractivity contribution < 1.29 is 14.7 Å². The Balaban J connectivity index is 2.63. The van der Waals surface area contributed by atoms with E-state index < -0.39 is 0 Å². The molecule has 1 aromatic rings. The van der Waals surface area contributed by atoms with Crippen LogP contribution in [0.1, 0.15) is 29.8 Å². The van der Waals surface area contributed by atoms with Gasteiger partial charge in [-0.3, -0.25) is 0 Å². The van der Waals surface area contributed by atoms with E-state index in [9.17, 15) is 4.79 Å². The summed E-state index contributed by atoms with van der Waals surface area (Å²) in [5.74, 6) is -0.00840. The lowest BCUT2D eigenvalue weighted by molar-refractivity contribution is 0.0459. The van der Waals surface area contributed by atoms with Gasteiger partial charge in [-0.15, -0.1) is 0 Å². The zero-order valence-electron chi connectivity index (χ0n) is 9.38. The van der Waals surface area contributed by atoms with Gasteiger partial charge in [-0.2, -0.15) is 0 Å². The molecule has 0 radical (unpaired) electrons. The fourth-order valence-electron chi connectivity index (χ4n) is 1.10. The van der Waals surface area contributed by atoms with Gasteiger partial charge in [-0.05, 0) is 23.6 Å². The van der Waals surface area contributed by atoms with Crippen LogP contribution in [0.3, 0.4) is 0 Å². The van der Waals surface area contributed by atoms with Crippen LogP contribution in [0.2, 0.25) is 0 Å². The van der Waals surface area contributed by atoms with Gasteiger partial charge in [0.25, 0.3) is 0 Å². The fraction of sp³-hybridized carbons (Fsp3) is 0.333. The molecule has 0 atom stereocenters. The maximum atomic E-state index is 11.5. The second-order valence-corrected chi connectivity index (χ2v) is 3.86. The molecule has 1 rings (SSSR count). The third-order valence-corrected chi connectivity index (χ3v) is 1.90. The Hall–Kier alpha value is -1.84. The van der Waals surface area contributed by atoms with E-state index in [0.29, 0.717) is 18.1 Å². The van der Waals surface area contributed by atoms with Gasteiger partial charge in [-0.25, -0.2) is 4.79 Å². The Bertz CT molecular complexity index is 368. The second kappa shape index (κ2) is 5.90. The third kappa shape index (κ3) is 3.73. The molecule has 0 aliphatic heterocycles. The lowest BCUT2D eigenvalue weighted by atomic mass is 10.1. The van der Waals surface area contributed by atoms with Crippen molar-refractivity contribution in [3.8, 4) is 0 Å². The number of hydrogen-bond acceptors (Lipinski definition) is 4. The van der Waals surface area contributed by atoms with Gasteiger partial charge in [0.2, 0.25) is 0 Å². The van der Waals surface area contributed by atoms with E-state index in [1.165, 1.54) is 6.21 Å². The quantitative estimate of drug-likeness (QED) is 0.367. The molecule has 1 aromatic carbocycles. The first-order valence-electron chi connectivity index (χ1n) is 5.08. The molecular weight excluding hydrogens is 206 g/mol. The highest BCUT2D eigenvalue weighted by Crippen LogP contribution is 2.05. The van der Waals surface area contributed by atoms with Crippen LogP contribution in [0.25, 0.3) is 0 Å². The van der Waals surface area contributed by atoms with Crippen LogP contribution in [0, 0.1) is 5.92 Å². The van der Waals surface area contributed by atoms with Crippen LogP contribution in [0.15, 0.2) is 29.4 Å². The lowest BCUT2D eigenvalue weighted by Gasteiger charge is -2.06. The van der Waals surface area contributed by atoms with Crippen LogP contribution in [0.5, 0.6) is 0 Å². The number of nitrogens with zero attached hydrogens (tertiary/aromatic N) is 1. The maximum absolute atomic E-state index is 11.5. The van der Waals surface area contributed by atoms with Crippen molar-refractivity contribution in [1.82, 2.24) is 0 Å². The van der Waals surface area contributed by atoms with E-state index in [4.69, 9.17) is 9.94 Å². The SMILES string of the molecule is CC(C)COC(=O)c1ccc(/C=N/O)cc1. The summed E-state index contributed by atoms with van der Waals surface area (Å²) in [6.07, 6.45) is 1.29. The van der Waals surface area contributed by atoms with Crippen molar-refractivity contribution in [2.75, 3.05) is 6.61 Å². The highest BCUT2D eigenvalue weighted by Gasteiger charge is 2.07. The molecule has 1 N–H and O–H groups in total. The molecule has 0 spiro atoms. The third-order valence-electron chi connectivity index (χ3n) is 1.90. The summed E-state index contributed by atoms with van der Waals surface area (Å²) in [6.45, 7) is 4.38. The van der Waals surface area contributed by atoms with Crippen molar-refractivity contribution in [3.63, 3.8) is 0 Å². The van der Waals surface area contributed by atoms with Gasteiger partial charge in [-0.1, -0.05) is 31.1 Å². The van der Waals surface area contributed by atoms with Crippen molar-refractivity contribution in [1.29, 1.82) is 0 Å². The Kier molecular flexibility index (Phi) is 4.51. The van der Waals surface area contributed by atoms with Gasteiger partial charge in [0.05, 0.1) is 18.4 Å². The van der Waals surface area contributed by atoms with E-state index >= 15 is 0 Å². The van der Waals surface area contributed by atoms with Gasteiger partial charge in [0.15, 0.2) is 0 Å². The number of carbonyl (C=O) groups excluding carboxylic acids is 1. The zero-order valence-corrected chi connectivity index (χ0v) is 9.38. The predicted octanol–water partition coefficient (Wildman–Crippen LogP) is 2.31. The van der Waals surface area contributed by atoms with E-state index in [1.807, 2.05) is 13.8 Å². The topological polar surface area (TPSA) is 58.9 Å². The van der Waals surface area contributed by atoms with Crippen LogP contribution in [-0.4, -0.2) is 24.0 Å². The summed E-state index contributed by atoms with van der Waals surface area (Å²) in [7, 11) is 0. The van der Waals surface area contributed by atoms with E-state index in [0.717, 1.165) is 5.56 Å². The predicted molar refractivity (Wildman–Crippen MR) is 60.9 cm³/mol. The first-order valence-corrected chi connectivity index (χ1v) is 5.08. The Morgan fingerprint density at radius 3 is 2.56 bits per heavy atom. The standard InChI is InChI=1S/C12H15NO3/c1-9(2)8-16-12(14)11-5-3-10(4-6-11)7-13-15/h3-7,9,15H,8H2,1-2H3/b13-7+. The van der Waals surface area contributed by atoms with Crippen molar-refractivity contribution >= 4 is 12.2 Å². The summed E-state index contributed by atoms with van der Waals surface area (Å²) in [5.41, 5.74) is 1.22. The van der Waals surface area contributed by atoms with Gasteiger partial charge in [0.1, 0.15) is 0 Å². The minimum atomic E-state index is -0.332. The number of hydrogen-bond donors (Lipinski definition) is 1. The van der Waals surface area contributed by atoms with Gasteiger partial charge < -0.3 is 9.94 Å². The molecule has 16 heavy (non-hydrogen) atoms. The van der Waals surface area contributed by atoms with Crippen molar-refractivity contribution in [2.24, 2.45) is 11.1 Å². The Labute approximate surface area is 94.5 Å². The molecule has 0 fully saturated rings. The largest absolute Gasteiger partial charge is 0.462 e. The number of esters is 1. The molecule has 0 saturated heterocycles. The first kappa shape index (κ1) is 12.2. The summed E-state index contributed by atoms with van der Waals surface area (Å²) >= 11 is 0. The molecule has 0 aliphatic carbocycles. The van der Waals surface area contributed by atoms with Crippen LogP contribution < -0.4 is 0 Å². The molecule has 0 amide bonds. The van der Waals surface area contributed by atoms with E-state index in [1.54, 1.807) is 24.3 Å². The molecule has 0 saturated carbocycles. The van der Waals surface area contributed by atoms with Crippen molar-refractivity contribution in [3.05, 3.63) is 35.4 Å². The molecule has 0 aliphatic rings. The van der Waals surface area contributed by atoms with Crippen LogP contribution in [0.4, 0.5) is 0 Å². The van der Waals surface area contributed by atoms with Crippen LogP contribution >= 0.6 is 0 Å². The minimum absolute atomic E-state index is 0.324. The smallest absolute Gasteiger partial charge is 0.338 e. The number of ether oxygens (including phenoxy) is 1. The second-order valence-electron chi connectivity index (χ2n) is 3.86. The monoisotopic (exact) mass is 221 g/mol. The first-order chi connectivity index (χ1) is 7.63. The Morgan fingerprint density at radius 1 is 1.44 bits per heavy atom. The fourth-order valence-corrected chi connectivity index (χ4v) is 1.10. The molecule has 4 nitrogen and oxygen atoms in total. The number of benzene rings is 1. The number of oxime groups is 1. The summed E-state index contributed by atoms with van der Waals surface area (Å²) in [6, 6.07) is 6.65. The molecular formula is C12H15NO3. The maximum Gasteiger partial charge on any atom is 0.338 e. The Morgan fingerprint density at radius 2 is 2.06 bits per heavy atom. The highest BCUT2D eigenvalue weighted by molar-refractivity contribution is 5.90. The van der Waals surface area contributed by atoms with Gasteiger partial charge in [0, 0.05) is 0 Å². The molecule has 0 heterocycles. The normalized spacial score (nSPS) is 10.9. The van der Waals surface area contributed by atoms with E-state index in [2.05, 4.69) is 5.16 Å². The van der Waals surface area contributed by atoms with Crippen LogP contribution in [-0.2, 0) is 4.74 Å². The molecule has 0 bridgehead atoms. The van der Waals surface area contributed by atoms with E-state index in [-0.39, 0.29) is 5.97 Å². The average molecular weight is 221 g/mol. The molecule has 86 valence electrons. The molecule has 4 heteroatoms. The van der Waals surface area contributed by atoms with Gasteiger partial charge >= 0.3 is 5.97 Å². The molecule has 0 unspecified atom stereocenters. The molecule has 0 aromatic heterocycles. The average Bonchev–Trinajstić information content (AvgIpc) is 2.27. The summed E-state index contributed by atoms with van der Waals surface area (Å²) in [5, 5.41) is 11.2. The lowest BCUT2D eigenvalue weighted by Crippen LogP contribution is -2.10. The highest BCUT2D eigenvalue weighted by atomic mass is 16.5. The van der Waals surface area contributed by atoms with Crippen molar-refractivity contribution in [2.45, 2.75) is 13.8 Å². The summed E-state index contributed by atoms with van der Waals surface area (Å²) in [4.78, 5) is 11.5. The summed E-state index contributed by atoms with van der Waals surface area (Å²) < 4.78 is 5.07. The number of carbonyl (C=O) groups is 1.